The van der Waals surface area contributed by atoms with Crippen LogP contribution in [0.25, 0.3) is 0 Å². The summed E-state index contributed by atoms with van der Waals surface area (Å²) in [4.78, 5) is 13.7. The molecule has 1 aliphatic rings. The van der Waals surface area contributed by atoms with Crippen LogP contribution in [0.1, 0.15) is 29.3 Å². The van der Waals surface area contributed by atoms with Crippen molar-refractivity contribution in [3.05, 3.63) is 39.6 Å². The predicted octanol–water partition coefficient (Wildman–Crippen LogP) is 4.25. The van der Waals surface area contributed by atoms with Gasteiger partial charge in [0.05, 0.1) is 19.9 Å². The fraction of sp³-hybridized carbons (Fsp3) is 0.450. The van der Waals surface area contributed by atoms with Crippen molar-refractivity contribution in [2.45, 2.75) is 32.6 Å². The Morgan fingerprint density at radius 1 is 1.31 bits per heavy atom. The van der Waals surface area contributed by atoms with Gasteiger partial charge in [-0.25, -0.2) is 4.79 Å². The number of hydrogen-bond donors (Lipinski definition) is 2. The highest BCUT2D eigenvalue weighted by atomic mass is 32.1. The number of thiophene rings is 1. The van der Waals surface area contributed by atoms with Crippen LogP contribution < -0.4 is 20.1 Å². The van der Waals surface area contributed by atoms with Crippen molar-refractivity contribution in [1.29, 1.82) is 0 Å². The summed E-state index contributed by atoms with van der Waals surface area (Å²) in [5.74, 6) is 2.04. The van der Waals surface area contributed by atoms with E-state index >= 15 is 0 Å². The average molecular weight is 375 g/mol. The van der Waals surface area contributed by atoms with E-state index in [0.29, 0.717) is 23.7 Å². The highest BCUT2D eigenvalue weighted by molar-refractivity contribution is 7.10. The second-order valence-corrected chi connectivity index (χ2v) is 7.67. The van der Waals surface area contributed by atoms with Gasteiger partial charge in [-0.1, -0.05) is 6.92 Å². The maximum absolute atomic E-state index is 12.2. The molecular weight excluding hydrogens is 348 g/mol. The number of fused-ring (bicyclic) bond motifs is 1. The second kappa shape index (κ2) is 8.45. The topological polar surface area (TPSA) is 59.6 Å². The van der Waals surface area contributed by atoms with Gasteiger partial charge >= 0.3 is 6.03 Å². The normalized spacial score (nSPS) is 15.9. The first-order chi connectivity index (χ1) is 12.6. The zero-order valence-corrected chi connectivity index (χ0v) is 16.4. The van der Waals surface area contributed by atoms with Crippen molar-refractivity contribution in [1.82, 2.24) is 5.32 Å². The molecule has 1 unspecified atom stereocenters. The third-order valence-corrected chi connectivity index (χ3v) is 5.93. The first-order valence-corrected chi connectivity index (χ1v) is 9.83. The summed E-state index contributed by atoms with van der Waals surface area (Å²) in [5, 5.41) is 8.02. The van der Waals surface area contributed by atoms with Gasteiger partial charge in [-0.2, -0.15) is 0 Å². The standard InChI is InChI=1S/C20H26N2O3S/c1-13-4-6-16-14(12-26-19(16)10-13)8-9-21-20(23)22-17-7-5-15(24-2)11-18(17)25-3/h5,7,11-13H,4,6,8-10H2,1-3H3,(H2,21,22,23). The average Bonchev–Trinajstić information content (AvgIpc) is 3.04. The Morgan fingerprint density at radius 3 is 2.92 bits per heavy atom. The first kappa shape index (κ1) is 18.6. The van der Waals surface area contributed by atoms with Crippen LogP contribution >= 0.6 is 11.3 Å². The minimum atomic E-state index is -0.230. The molecule has 5 nitrogen and oxygen atoms in total. The van der Waals surface area contributed by atoms with Gasteiger partial charge in [0.1, 0.15) is 11.5 Å². The van der Waals surface area contributed by atoms with Crippen molar-refractivity contribution < 1.29 is 14.3 Å². The Bertz CT molecular complexity index is 772. The molecule has 0 saturated heterocycles. The number of benzene rings is 1. The molecule has 0 saturated carbocycles. The number of hydrogen-bond acceptors (Lipinski definition) is 4. The van der Waals surface area contributed by atoms with E-state index in [-0.39, 0.29) is 6.03 Å². The minimum absolute atomic E-state index is 0.230. The van der Waals surface area contributed by atoms with E-state index in [0.717, 1.165) is 12.3 Å². The summed E-state index contributed by atoms with van der Waals surface area (Å²) in [6.45, 7) is 2.94. The Balaban J connectivity index is 1.52. The van der Waals surface area contributed by atoms with Crippen molar-refractivity contribution in [2.75, 3.05) is 26.1 Å². The van der Waals surface area contributed by atoms with Crippen molar-refractivity contribution in [2.24, 2.45) is 5.92 Å². The molecule has 1 heterocycles. The zero-order valence-electron chi connectivity index (χ0n) is 15.6. The molecule has 140 valence electrons. The Kier molecular flexibility index (Phi) is 6.04. The van der Waals surface area contributed by atoms with Crippen molar-refractivity contribution in [3.8, 4) is 11.5 Å². The smallest absolute Gasteiger partial charge is 0.319 e. The summed E-state index contributed by atoms with van der Waals surface area (Å²) < 4.78 is 10.5. The minimum Gasteiger partial charge on any atom is -0.497 e. The molecule has 0 aliphatic heterocycles. The molecule has 1 atom stereocenters. The largest absolute Gasteiger partial charge is 0.497 e. The lowest BCUT2D eigenvalue weighted by Crippen LogP contribution is -2.30. The van der Waals surface area contributed by atoms with E-state index in [1.54, 1.807) is 32.4 Å². The van der Waals surface area contributed by atoms with Crippen molar-refractivity contribution in [3.63, 3.8) is 0 Å². The molecule has 0 spiro atoms. The fourth-order valence-corrected chi connectivity index (χ4v) is 4.63. The van der Waals surface area contributed by atoms with E-state index in [1.165, 1.54) is 35.3 Å². The molecule has 2 N–H and O–H groups in total. The molecule has 0 fully saturated rings. The van der Waals surface area contributed by atoms with Gasteiger partial charge in [-0.05, 0) is 60.2 Å². The maximum Gasteiger partial charge on any atom is 0.319 e. The van der Waals surface area contributed by atoms with Crippen LogP contribution in [0, 0.1) is 5.92 Å². The van der Waals surface area contributed by atoms with Gasteiger partial charge in [0.15, 0.2) is 0 Å². The Morgan fingerprint density at radius 2 is 2.15 bits per heavy atom. The third kappa shape index (κ3) is 4.30. The fourth-order valence-electron chi connectivity index (χ4n) is 3.33. The van der Waals surface area contributed by atoms with Crippen LogP contribution in [0.5, 0.6) is 11.5 Å². The molecule has 1 aliphatic carbocycles. The lowest BCUT2D eigenvalue weighted by Gasteiger charge is -2.19. The van der Waals surface area contributed by atoms with Crippen LogP contribution in [0.2, 0.25) is 0 Å². The highest BCUT2D eigenvalue weighted by Crippen LogP contribution is 2.33. The summed E-state index contributed by atoms with van der Waals surface area (Å²) in [7, 11) is 3.16. The number of rotatable bonds is 6. The van der Waals surface area contributed by atoms with Crippen molar-refractivity contribution >= 4 is 23.1 Å². The molecule has 1 aromatic carbocycles. The highest BCUT2D eigenvalue weighted by Gasteiger charge is 2.19. The number of ether oxygens (including phenoxy) is 2. The molecule has 6 heteroatoms. The number of methoxy groups -OCH3 is 2. The summed E-state index contributed by atoms with van der Waals surface area (Å²) in [6.07, 6.45) is 4.51. The number of amides is 2. The Labute approximate surface area is 158 Å². The molecule has 26 heavy (non-hydrogen) atoms. The predicted molar refractivity (Wildman–Crippen MR) is 106 cm³/mol. The second-order valence-electron chi connectivity index (χ2n) is 6.71. The number of urea groups is 1. The lowest BCUT2D eigenvalue weighted by molar-refractivity contribution is 0.252. The quantitative estimate of drug-likeness (QED) is 0.794. The van der Waals surface area contributed by atoms with Gasteiger partial charge in [0.25, 0.3) is 0 Å². The van der Waals surface area contributed by atoms with Gasteiger partial charge in [0, 0.05) is 17.5 Å². The van der Waals surface area contributed by atoms with Gasteiger partial charge in [0.2, 0.25) is 0 Å². The molecular formula is C20H26N2O3S. The summed E-state index contributed by atoms with van der Waals surface area (Å²) >= 11 is 1.87. The van der Waals surface area contributed by atoms with Crippen LogP contribution in [-0.2, 0) is 19.3 Å². The number of nitrogens with one attached hydrogen (secondary N) is 2. The molecule has 2 amide bonds. The SMILES string of the molecule is COc1ccc(NC(=O)NCCc2csc3c2CCC(C)C3)c(OC)c1. The van der Waals surface area contributed by atoms with E-state index in [4.69, 9.17) is 9.47 Å². The lowest BCUT2D eigenvalue weighted by atomic mass is 9.88. The van der Waals surface area contributed by atoms with Gasteiger partial charge in [-0.15, -0.1) is 11.3 Å². The number of carbonyl (C=O) groups is 1. The number of carbonyl (C=O) groups excluding carboxylic acids is 1. The molecule has 2 aromatic rings. The van der Waals surface area contributed by atoms with Crippen LogP contribution in [0.15, 0.2) is 23.6 Å². The van der Waals surface area contributed by atoms with Gasteiger partial charge < -0.3 is 20.1 Å². The van der Waals surface area contributed by atoms with E-state index in [1.807, 2.05) is 11.3 Å². The van der Waals surface area contributed by atoms with Crippen LogP contribution in [-0.4, -0.2) is 26.8 Å². The Hall–Kier alpha value is -2.21. The van der Waals surface area contributed by atoms with E-state index in [2.05, 4.69) is 22.9 Å². The molecule has 1 aromatic heterocycles. The molecule has 3 rings (SSSR count). The molecule has 0 radical (unpaired) electrons. The van der Waals surface area contributed by atoms with Crippen LogP contribution in [0.3, 0.4) is 0 Å². The summed E-state index contributed by atoms with van der Waals surface area (Å²) in [5.41, 5.74) is 3.53. The van der Waals surface area contributed by atoms with E-state index in [9.17, 15) is 4.79 Å². The van der Waals surface area contributed by atoms with E-state index < -0.39 is 0 Å². The van der Waals surface area contributed by atoms with Gasteiger partial charge in [-0.3, -0.25) is 0 Å². The van der Waals surface area contributed by atoms with Crippen LogP contribution in [0.4, 0.5) is 10.5 Å². The number of anilines is 1. The third-order valence-electron chi connectivity index (χ3n) is 4.83. The summed E-state index contributed by atoms with van der Waals surface area (Å²) in [6, 6.07) is 5.07. The zero-order chi connectivity index (χ0) is 18.5. The first-order valence-electron chi connectivity index (χ1n) is 8.95. The maximum atomic E-state index is 12.2. The molecule has 0 bridgehead atoms. The monoisotopic (exact) mass is 374 g/mol.